The highest BCUT2D eigenvalue weighted by atomic mass is 35.5. The largest absolute Gasteiger partial charge is 0.461 e. The second kappa shape index (κ2) is 6.92. The minimum Gasteiger partial charge on any atom is -0.461 e. The van der Waals surface area contributed by atoms with Gasteiger partial charge in [-0.2, -0.15) is 0 Å². The molecule has 1 saturated heterocycles. The summed E-state index contributed by atoms with van der Waals surface area (Å²) in [5.41, 5.74) is 0.933. The van der Waals surface area contributed by atoms with Crippen molar-refractivity contribution in [2.24, 2.45) is 0 Å². The van der Waals surface area contributed by atoms with Gasteiger partial charge >= 0.3 is 5.97 Å². The van der Waals surface area contributed by atoms with Gasteiger partial charge in [0.25, 0.3) is 0 Å². The molecule has 4 heteroatoms. The molecule has 1 aromatic rings. The van der Waals surface area contributed by atoms with Crippen LogP contribution in [0, 0.1) is 0 Å². The summed E-state index contributed by atoms with van der Waals surface area (Å²) in [6.45, 7) is 5.04. The molecule has 0 bridgehead atoms. The van der Waals surface area contributed by atoms with E-state index in [9.17, 15) is 4.79 Å². The third-order valence-electron chi connectivity index (χ3n) is 3.31. The first kappa shape index (κ1) is 14.4. The highest BCUT2D eigenvalue weighted by Crippen LogP contribution is 2.12. The van der Waals surface area contributed by atoms with Crippen LogP contribution in [0.1, 0.15) is 25.3 Å². The fourth-order valence-corrected chi connectivity index (χ4v) is 2.53. The number of nitrogens with zero attached hydrogens (tertiary/aromatic N) is 1. The van der Waals surface area contributed by atoms with Gasteiger partial charge in [-0.05, 0) is 50.6 Å². The number of hydrogen-bond donors (Lipinski definition) is 0. The molecule has 104 valence electrons. The lowest BCUT2D eigenvalue weighted by molar-refractivity contribution is -0.148. The number of ether oxygens (including phenoxy) is 1. The van der Waals surface area contributed by atoms with Gasteiger partial charge in [-0.15, -0.1) is 0 Å². The second-order valence-electron chi connectivity index (χ2n) is 5.11. The number of rotatable bonds is 5. The summed E-state index contributed by atoms with van der Waals surface area (Å²) in [5.74, 6) is -0.172. The maximum atomic E-state index is 11.8. The predicted molar refractivity (Wildman–Crippen MR) is 76.4 cm³/mol. The van der Waals surface area contributed by atoms with Crippen LogP contribution in [-0.2, 0) is 16.0 Å². The topological polar surface area (TPSA) is 29.5 Å². The molecule has 1 atom stereocenters. The summed E-state index contributed by atoms with van der Waals surface area (Å²) < 4.78 is 5.43. The number of carbonyl (C=O) groups excluding carboxylic acids is 1. The number of halogens is 1. The third-order valence-corrected chi connectivity index (χ3v) is 3.56. The van der Waals surface area contributed by atoms with Gasteiger partial charge in [-0.1, -0.05) is 23.7 Å². The van der Waals surface area contributed by atoms with E-state index in [0.717, 1.165) is 25.2 Å². The number of benzene rings is 1. The molecule has 1 heterocycles. The van der Waals surface area contributed by atoms with Crippen molar-refractivity contribution < 1.29 is 9.53 Å². The van der Waals surface area contributed by atoms with Crippen molar-refractivity contribution in [3.63, 3.8) is 0 Å². The average molecular weight is 282 g/mol. The maximum Gasteiger partial charge on any atom is 0.310 e. The molecule has 19 heavy (non-hydrogen) atoms. The Bertz CT molecular complexity index is 413. The van der Waals surface area contributed by atoms with Crippen molar-refractivity contribution in [1.82, 2.24) is 4.90 Å². The molecule has 1 aliphatic heterocycles. The van der Waals surface area contributed by atoms with E-state index in [2.05, 4.69) is 4.90 Å². The molecule has 0 N–H and O–H groups in total. The predicted octanol–water partition coefficient (Wildman–Crippen LogP) is 2.91. The van der Waals surface area contributed by atoms with Crippen molar-refractivity contribution in [2.45, 2.75) is 32.3 Å². The zero-order valence-corrected chi connectivity index (χ0v) is 12.0. The lowest BCUT2D eigenvalue weighted by atomic mass is 10.1. The summed E-state index contributed by atoms with van der Waals surface area (Å²) in [6, 6.07) is 7.29. The molecule has 0 radical (unpaired) electrons. The fourth-order valence-electron chi connectivity index (χ4n) is 2.40. The lowest BCUT2D eigenvalue weighted by Crippen LogP contribution is -2.31. The molecule has 3 nitrogen and oxygen atoms in total. The number of likely N-dealkylation sites (tertiary alicyclic amines) is 1. The first-order valence-electron chi connectivity index (χ1n) is 6.80. The quantitative estimate of drug-likeness (QED) is 0.777. The van der Waals surface area contributed by atoms with Gasteiger partial charge < -0.3 is 4.74 Å². The molecular weight excluding hydrogens is 262 g/mol. The smallest absolute Gasteiger partial charge is 0.310 e. The first-order chi connectivity index (χ1) is 9.13. The number of esters is 1. The lowest BCUT2D eigenvalue weighted by Gasteiger charge is -2.20. The molecule has 0 aromatic heterocycles. The molecule has 1 aliphatic rings. The summed E-state index contributed by atoms with van der Waals surface area (Å²) in [5, 5.41) is 0.680. The second-order valence-corrected chi connectivity index (χ2v) is 5.55. The molecular formula is C15H20ClNO2. The van der Waals surface area contributed by atoms with Crippen molar-refractivity contribution in [3.8, 4) is 0 Å². The van der Waals surface area contributed by atoms with Crippen LogP contribution in [0.15, 0.2) is 24.3 Å². The van der Waals surface area contributed by atoms with Gasteiger partial charge in [0.05, 0.1) is 6.42 Å². The van der Waals surface area contributed by atoms with E-state index in [-0.39, 0.29) is 12.1 Å². The van der Waals surface area contributed by atoms with Crippen LogP contribution in [0.2, 0.25) is 5.02 Å². The number of carbonyl (C=O) groups is 1. The zero-order valence-electron chi connectivity index (χ0n) is 11.3. The highest BCUT2D eigenvalue weighted by Gasteiger charge is 2.17. The van der Waals surface area contributed by atoms with Crippen LogP contribution < -0.4 is 0 Å². The Morgan fingerprint density at radius 2 is 1.95 bits per heavy atom. The van der Waals surface area contributed by atoms with Crippen molar-refractivity contribution in [2.75, 3.05) is 19.6 Å². The van der Waals surface area contributed by atoms with Crippen LogP contribution in [0.25, 0.3) is 0 Å². The van der Waals surface area contributed by atoms with E-state index in [1.807, 2.05) is 19.1 Å². The summed E-state index contributed by atoms with van der Waals surface area (Å²) in [7, 11) is 0. The molecule has 1 aromatic carbocycles. The van der Waals surface area contributed by atoms with Gasteiger partial charge in [-0.3, -0.25) is 9.69 Å². The Morgan fingerprint density at radius 1 is 1.32 bits per heavy atom. The normalized spacial score (nSPS) is 17.4. The highest BCUT2D eigenvalue weighted by molar-refractivity contribution is 6.30. The van der Waals surface area contributed by atoms with Crippen molar-refractivity contribution >= 4 is 17.6 Å². The van der Waals surface area contributed by atoms with Gasteiger partial charge in [0, 0.05) is 11.6 Å². The minimum atomic E-state index is -0.172. The summed E-state index contributed by atoms with van der Waals surface area (Å²) in [6.07, 6.45) is 2.77. The van der Waals surface area contributed by atoms with Gasteiger partial charge in [-0.25, -0.2) is 0 Å². The fraction of sp³-hybridized carbons (Fsp3) is 0.533. The minimum absolute atomic E-state index is 0.0436. The Kier molecular flexibility index (Phi) is 5.23. The Hall–Kier alpha value is -1.06. The molecule has 0 amide bonds. The maximum absolute atomic E-state index is 11.8. The van der Waals surface area contributed by atoms with E-state index in [0.29, 0.717) is 11.4 Å². The molecule has 0 unspecified atom stereocenters. The van der Waals surface area contributed by atoms with Crippen molar-refractivity contribution in [3.05, 3.63) is 34.9 Å². The van der Waals surface area contributed by atoms with Crippen molar-refractivity contribution in [1.29, 1.82) is 0 Å². The van der Waals surface area contributed by atoms with Gasteiger partial charge in [0.1, 0.15) is 6.10 Å². The third kappa shape index (κ3) is 4.84. The number of hydrogen-bond acceptors (Lipinski definition) is 3. The molecule has 2 rings (SSSR count). The van der Waals surface area contributed by atoms with Crippen LogP contribution in [0.5, 0.6) is 0 Å². The monoisotopic (exact) mass is 281 g/mol. The van der Waals surface area contributed by atoms with Crippen LogP contribution >= 0.6 is 11.6 Å². The first-order valence-corrected chi connectivity index (χ1v) is 7.17. The van der Waals surface area contributed by atoms with Gasteiger partial charge in [0.2, 0.25) is 0 Å². The molecule has 0 aliphatic carbocycles. The standard InChI is InChI=1S/C15H20ClNO2/c1-12(11-17-8-2-3-9-17)19-15(18)10-13-4-6-14(16)7-5-13/h4-7,12H,2-3,8-11H2,1H3/t12-/m1/s1. The SMILES string of the molecule is C[C@H](CN1CCCC1)OC(=O)Cc1ccc(Cl)cc1. The summed E-state index contributed by atoms with van der Waals surface area (Å²) in [4.78, 5) is 14.2. The van der Waals surface area contributed by atoms with Crippen LogP contribution in [0.3, 0.4) is 0 Å². The zero-order chi connectivity index (χ0) is 13.7. The molecule has 1 fully saturated rings. The summed E-state index contributed by atoms with van der Waals surface area (Å²) >= 11 is 5.81. The van der Waals surface area contributed by atoms with E-state index >= 15 is 0 Å². The van der Waals surface area contributed by atoms with E-state index in [4.69, 9.17) is 16.3 Å². The van der Waals surface area contributed by atoms with Crippen LogP contribution in [-0.4, -0.2) is 36.6 Å². The average Bonchev–Trinajstić information content (AvgIpc) is 2.84. The Morgan fingerprint density at radius 3 is 2.58 bits per heavy atom. The van der Waals surface area contributed by atoms with Gasteiger partial charge in [0.15, 0.2) is 0 Å². The van der Waals surface area contributed by atoms with E-state index in [1.54, 1.807) is 12.1 Å². The molecule has 0 spiro atoms. The van der Waals surface area contributed by atoms with E-state index in [1.165, 1.54) is 12.8 Å². The van der Waals surface area contributed by atoms with E-state index < -0.39 is 0 Å². The molecule has 0 saturated carbocycles. The Labute approximate surface area is 119 Å². The van der Waals surface area contributed by atoms with Crippen LogP contribution in [0.4, 0.5) is 0 Å². The Balaban J connectivity index is 1.75.